The van der Waals surface area contributed by atoms with Crippen molar-refractivity contribution in [2.45, 2.75) is 38.4 Å². The molecule has 0 aliphatic carbocycles. The average Bonchev–Trinajstić information content (AvgIpc) is 2.92. The van der Waals surface area contributed by atoms with Gasteiger partial charge in [-0.25, -0.2) is 0 Å². The Morgan fingerprint density at radius 3 is 2.95 bits per heavy atom. The predicted molar refractivity (Wildman–Crippen MR) is 87.2 cm³/mol. The van der Waals surface area contributed by atoms with Gasteiger partial charge in [0.05, 0.1) is 5.69 Å². The minimum atomic E-state index is 0.647. The molecule has 0 aromatic carbocycles. The molecule has 3 heterocycles. The molecule has 0 saturated carbocycles. The molecule has 1 aliphatic heterocycles. The van der Waals surface area contributed by atoms with Crippen LogP contribution in [-0.2, 0) is 13.1 Å². The first-order valence-corrected chi connectivity index (χ1v) is 8.12. The molecule has 0 amide bonds. The van der Waals surface area contributed by atoms with Crippen LogP contribution in [-0.4, -0.2) is 51.2 Å². The maximum atomic E-state index is 4.44. The van der Waals surface area contributed by atoms with E-state index in [0.29, 0.717) is 6.04 Å². The summed E-state index contributed by atoms with van der Waals surface area (Å²) >= 11 is 0. The summed E-state index contributed by atoms with van der Waals surface area (Å²) in [6, 6.07) is 8.86. The quantitative estimate of drug-likeness (QED) is 0.920. The summed E-state index contributed by atoms with van der Waals surface area (Å²) in [5, 5.41) is 7.10. The van der Waals surface area contributed by atoms with Crippen LogP contribution in [0.15, 0.2) is 36.7 Å². The number of H-pyrrole nitrogens is 1. The fourth-order valence-corrected chi connectivity index (χ4v) is 3.23. The Morgan fingerprint density at radius 1 is 1.23 bits per heavy atom. The Bertz CT molecular complexity index is 539. The van der Waals surface area contributed by atoms with E-state index < -0.39 is 0 Å². The summed E-state index contributed by atoms with van der Waals surface area (Å²) < 4.78 is 0. The number of hydrogen-bond acceptors (Lipinski definition) is 4. The van der Waals surface area contributed by atoms with Crippen LogP contribution in [0, 0.1) is 0 Å². The Balaban J connectivity index is 1.51. The fraction of sp³-hybridized carbons (Fsp3) is 0.529. The average molecular weight is 299 g/mol. The lowest BCUT2D eigenvalue weighted by atomic mass is 10.1. The van der Waals surface area contributed by atoms with Gasteiger partial charge in [0.25, 0.3) is 0 Å². The summed E-state index contributed by atoms with van der Waals surface area (Å²) in [6.45, 7) is 4.24. The van der Waals surface area contributed by atoms with Gasteiger partial charge in [0.2, 0.25) is 0 Å². The van der Waals surface area contributed by atoms with E-state index in [4.69, 9.17) is 0 Å². The van der Waals surface area contributed by atoms with Crippen LogP contribution < -0.4 is 0 Å². The molecule has 1 unspecified atom stereocenters. The van der Waals surface area contributed by atoms with Gasteiger partial charge in [-0.05, 0) is 51.1 Å². The molecule has 1 fully saturated rings. The molecule has 1 atom stereocenters. The smallest absolute Gasteiger partial charge is 0.0543 e. The van der Waals surface area contributed by atoms with E-state index in [1.165, 1.54) is 31.5 Å². The zero-order valence-electron chi connectivity index (χ0n) is 13.3. The van der Waals surface area contributed by atoms with Gasteiger partial charge in [-0.1, -0.05) is 6.07 Å². The third kappa shape index (κ3) is 4.15. The number of aromatic nitrogens is 3. The zero-order chi connectivity index (χ0) is 15.2. The molecule has 2 aromatic heterocycles. The molecular formula is C17H25N5. The molecule has 1 saturated heterocycles. The van der Waals surface area contributed by atoms with Crippen molar-refractivity contribution in [2.24, 2.45) is 0 Å². The largest absolute Gasteiger partial charge is 0.298 e. The monoisotopic (exact) mass is 299 g/mol. The number of nitrogens with zero attached hydrogens (tertiary/aromatic N) is 4. The third-order valence-corrected chi connectivity index (χ3v) is 4.50. The molecule has 5 nitrogen and oxygen atoms in total. The van der Waals surface area contributed by atoms with Crippen molar-refractivity contribution >= 4 is 0 Å². The normalized spacial score (nSPS) is 20.2. The van der Waals surface area contributed by atoms with E-state index in [1.54, 1.807) is 0 Å². The summed E-state index contributed by atoms with van der Waals surface area (Å²) in [7, 11) is 2.23. The highest BCUT2D eigenvalue weighted by molar-refractivity contribution is 5.03. The molecule has 3 rings (SSSR count). The maximum absolute atomic E-state index is 4.44. The van der Waals surface area contributed by atoms with Crippen molar-refractivity contribution in [1.82, 2.24) is 25.0 Å². The standard InChI is InChI=1S/C17H25N5/c1-21(13-15-5-2-3-9-18-15)17-6-4-11-22(12-8-17)14-16-7-10-19-20-16/h2-3,5,7,9-10,17H,4,6,8,11-14H2,1H3,(H,19,20). The zero-order valence-corrected chi connectivity index (χ0v) is 13.3. The molecule has 1 N–H and O–H groups in total. The minimum absolute atomic E-state index is 0.647. The van der Waals surface area contributed by atoms with Crippen LogP contribution in [0.1, 0.15) is 30.7 Å². The number of rotatable bonds is 5. The molecule has 1 aliphatic rings. The highest BCUT2D eigenvalue weighted by atomic mass is 15.2. The van der Waals surface area contributed by atoms with Gasteiger partial charge in [0, 0.05) is 43.8 Å². The Hall–Kier alpha value is -1.72. The number of hydrogen-bond donors (Lipinski definition) is 1. The van der Waals surface area contributed by atoms with Crippen LogP contribution in [0.2, 0.25) is 0 Å². The van der Waals surface area contributed by atoms with Gasteiger partial charge < -0.3 is 0 Å². The van der Waals surface area contributed by atoms with E-state index in [0.717, 1.165) is 25.3 Å². The van der Waals surface area contributed by atoms with Crippen LogP contribution in [0.5, 0.6) is 0 Å². The summed E-state index contributed by atoms with van der Waals surface area (Å²) in [6.07, 6.45) is 7.45. The molecule has 22 heavy (non-hydrogen) atoms. The Kier molecular flexibility index (Phi) is 5.19. The molecule has 0 bridgehead atoms. The lowest BCUT2D eigenvalue weighted by Gasteiger charge is -2.27. The molecule has 118 valence electrons. The molecule has 0 radical (unpaired) electrons. The molecule has 0 spiro atoms. The SMILES string of the molecule is CN(Cc1ccccn1)C1CCCN(Cc2ccn[nH]2)CC1. The second kappa shape index (κ2) is 7.51. The van der Waals surface area contributed by atoms with Crippen LogP contribution >= 0.6 is 0 Å². The van der Waals surface area contributed by atoms with E-state index >= 15 is 0 Å². The second-order valence-electron chi connectivity index (χ2n) is 6.18. The van der Waals surface area contributed by atoms with Gasteiger partial charge in [-0.3, -0.25) is 19.9 Å². The number of aromatic amines is 1. The van der Waals surface area contributed by atoms with E-state index in [-0.39, 0.29) is 0 Å². The van der Waals surface area contributed by atoms with Crippen LogP contribution in [0.4, 0.5) is 0 Å². The molecular weight excluding hydrogens is 274 g/mol. The maximum Gasteiger partial charge on any atom is 0.0543 e. The Labute approximate surface area is 132 Å². The van der Waals surface area contributed by atoms with Crippen molar-refractivity contribution in [2.75, 3.05) is 20.1 Å². The van der Waals surface area contributed by atoms with E-state index in [1.807, 2.05) is 18.5 Å². The lowest BCUT2D eigenvalue weighted by Crippen LogP contribution is -2.32. The highest BCUT2D eigenvalue weighted by Crippen LogP contribution is 2.18. The first-order valence-electron chi connectivity index (χ1n) is 8.12. The van der Waals surface area contributed by atoms with Crippen molar-refractivity contribution in [3.63, 3.8) is 0 Å². The molecule has 5 heteroatoms. The number of nitrogens with one attached hydrogen (secondary N) is 1. The minimum Gasteiger partial charge on any atom is -0.298 e. The first-order chi connectivity index (χ1) is 10.8. The van der Waals surface area contributed by atoms with Crippen molar-refractivity contribution in [1.29, 1.82) is 0 Å². The van der Waals surface area contributed by atoms with Crippen LogP contribution in [0.3, 0.4) is 0 Å². The topological polar surface area (TPSA) is 48.1 Å². The summed E-state index contributed by atoms with van der Waals surface area (Å²) in [4.78, 5) is 9.43. The van der Waals surface area contributed by atoms with Gasteiger partial charge in [0.1, 0.15) is 0 Å². The second-order valence-corrected chi connectivity index (χ2v) is 6.18. The van der Waals surface area contributed by atoms with Gasteiger partial charge in [0.15, 0.2) is 0 Å². The highest BCUT2D eigenvalue weighted by Gasteiger charge is 2.20. The van der Waals surface area contributed by atoms with Crippen LogP contribution in [0.25, 0.3) is 0 Å². The lowest BCUT2D eigenvalue weighted by molar-refractivity contribution is 0.204. The van der Waals surface area contributed by atoms with Crippen molar-refractivity contribution in [3.8, 4) is 0 Å². The number of likely N-dealkylation sites (tertiary alicyclic amines) is 1. The van der Waals surface area contributed by atoms with Gasteiger partial charge >= 0.3 is 0 Å². The van der Waals surface area contributed by atoms with Crippen molar-refractivity contribution in [3.05, 3.63) is 48.0 Å². The van der Waals surface area contributed by atoms with E-state index in [2.05, 4.69) is 50.2 Å². The van der Waals surface area contributed by atoms with Crippen molar-refractivity contribution < 1.29 is 0 Å². The fourth-order valence-electron chi connectivity index (χ4n) is 3.23. The Morgan fingerprint density at radius 2 is 2.18 bits per heavy atom. The molecule has 2 aromatic rings. The van der Waals surface area contributed by atoms with Gasteiger partial charge in [-0.2, -0.15) is 5.10 Å². The predicted octanol–water partition coefficient (Wildman–Crippen LogP) is 2.29. The summed E-state index contributed by atoms with van der Waals surface area (Å²) in [5.74, 6) is 0. The van der Waals surface area contributed by atoms with E-state index in [9.17, 15) is 0 Å². The summed E-state index contributed by atoms with van der Waals surface area (Å²) in [5.41, 5.74) is 2.36. The number of pyridine rings is 1. The first kappa shape index (κ1) is 15.2. The third-order valence-electron chi connectivity index (χ3n) is 4.50. The van der Waals surface area contributed by atoms with Gasteiger partial charge in [-0.15, -0.1) is 0 Å².